The monoisotopic (exact) mass is 684 g/mol. The maximum Gasteiger partial charge on any atom is 0.252 e. The van der Waals surface area contributed by atoms with Gasteiger partial charge >= 0.3 is 0 Å². The standard InChI is InChI=1S/C50H45BN2/c1-49(2,3)38-22-26-40(27-23-38)52-44-20-14-13-19-42(44)51-43-31-36(34-15-9-7-10-16-34)21-30-45(43)53(41-28-24-39(25-29-41)50(4,5)6)47-33-37(32-46(52)48(47)51)35-17-11-8-12-18-35/h7-33H,1-6H3. The highest BCUT2D eigenvalue weighted by atomic mass is 15.2. The molecule has 2 aliphatic heterocycles. The fraction of sp³-hybridized carbons (Fsp3) is 0.160. The minimum Gasteiger partial charge on any atom is -0.311 e. The first-order chi connectivity index (χ1) is 25.6. The van der Waals surface area contributed by atoms with Crippen molar-refractivity contribution >= 4 is 57.2 Å². The fourth-order valence-corrected chi connectivity index (χ4v) is 8.34. The van der Waals surface area contributed by atoms with Crippen molar-refractivity contribution in [1.29, 1.82) is 0 Å². The number of hydrogen-bond donors (Lipinski definition) is 0. The minimum atomic E-state index is 0.0508. The number of para-hydroxylation sites is 1. The van der Waals surface area contributed by atoms with Gasteiger partial charge in [0.25, 0.3) is 6.71 Å². The molecule has 0 aliphatic carbocycles. The smallest absolute Gasteiger partial charge is 0.252 e. The summed E-state index contributed by atoms with van der Waals surface area (Å²) in [6.45, 7) is 13.8. The maximum atomic E-state index is 2.52. The molecule has 7 aromatic carbocycles. The van der Waals surface area contributed by atoms with Crippen LogP contribution in [-0.2, 0) is 10.8 Å². The van der Waals surface area contributed by atoms with Crippen molar-refractivity contribution in [3.8, 4) is 22.3 Å². The van der Waals surface area contributed by atoms with E-state index in [-0.39, 0.29) is 17.5 Å². The summed E-state index contributed by atoms with van der Waals surface area (Å²) in [4.78, 5) is 5.03. The van der Waals surface area contributed by atoms with Gasteiger partial charge in [-0.1, -0.05) is 157 Å². The van der Waals surface area contributed by atoms with Crippen LogP contribution in [0.4, 0.5) is 34.1 Å². The summed E-state index contributed by atoms with van der Waals surface area (Å²) < 4.78 is 0. The second-order valence-corrected chi connectivity index (χ2v) is 16.7. The number of nitrogens with zero attached hydrogens (tertiary/aromatic N) is 2. The van der Waals surface area contributed by atoms with Gasteiger partial charge in [0, 0.05) is 34.1 Å². The van der Waals surface area contributed by atoms with Crippen molar-refractivity contribution in [3.63, 3.8) is 0 Å². The number of rotatable bonds is 4. The molecule has 0 saturated heterocycles. The van der Waals surface area contributed by atoms with Gasteiger partial charge in [-0.2, -0.15) is 0 Å². The highest BCUT2D eigenvalue weighted by Gasteiger charge is 2.43. The Morgan fingerprint density at radius 3 is 1.32 bits per heavy atom. The van der Waals surface area contributed by atoms with E-state index in [2.05, 4.69) is 215 Å². The predicted octanol–water partition coefficient (Wildman–Crippen LogP) is 11.7. The highest BCUT2D eigenvalue weighted by Crippen LogP contribution is 2.46. The van der Waals surface area contributed by atoms with E-state index in [1.165, 1.54) is 78.2 Å². The molecule has 0 spiro atoms. The lowest BCUT2D eigenvalue weighted by Gasteiger charge is -2.44. The van der Waals surface area contributed by atoms with E-state index in [1.807, 2.05) is 0 Å². The first kappa shape index (κ1) is 33.1. The molecule has 0 radical (unpaired) electrons. The van der Waals surface area contributed by atoms with Gasteiger partial charge in [0.15, 0.2) is 0 Å². The van der Waals surface area contributed by atoms with Crippen LogP contribution < -0.4 is 26.2 Å². The van der Waals surface area contributed by atoms with Crippen LogP contribution in [0, 0.1) is 0 Å². The van der Waals surface area contributed by atoms with Crippen molar-refractivity contribution < 1.29 is 0 Å². The van der Waals surface area contributed by atoms with E-state index in [0.29, 0.717) is 0 Å². The van der Waals surface area contributed by atoms with Gasteiger partial charge in [-0.3, -0.25) is 0 Å². The Hall–Kier alpha value is -5.80. The molecule has 2 heterocycles. The largest absolute Gasteiger partial charge is 0.311 e. The molecule has 0 fully saturated rings. The zero-order valence-corrected chi connectivity index (χ0v) is 31.6. The van der Waals surface area contributed by atoms with E-state index in [0.717, 1.165) is 5.69 Å². The van der Waals surface area contributed by atoms with Gasteiger partial charge in [0.1, 0.15) is 0 Å². The summed E-state index contributed by atoms with van der Waals surface area (Å²) in [7, 11) is 0. The summed E-state index contributed by atoms with van der Waals surface area (Å²) in [5.41, 5.74) is 18.9. The van der Waals surface area contributed by atoms with Crippen molar-refractivity contribution in [2.75, 3.05) is 9.80 Å². The van der Waals surface area contributed by atoms with E-state index in [9.17, 15) is 0 Å². The number of benzene rings is 7. The predicted molar refractivity (Wildman–Crippen MR) is 229 cm³/mol. The molecule has 2 aliphatic rings. The summed E-state index contributed by atoms with van der Waals surface area (Å²) in [6, 6.07) is 61.2. The molecule has 0 bridgehead atoms. The lowest BCUT2D eigenvalue weighted by Crippen LogP contribution is -2.61. The normalized spacial score (nSPS) is 13.4. The summed E-state index contributed by atoms with van der Waals surface area (Å²) >= 11 is 0. The Bertz CT molecular complexity index is 2440. The Morgan fingerprint density at radius 2 is 0.811 bits per heavy atom. The lowest BCUT2D eigenvalue weighted by atomic mass is 9.33. The molecule has 0 aromatic heterocycles. The Kier molecular flexibility index (Phi) is 7.75. The third-order valence-electron chi connectivity index (χ3n) is 11.2. The van der Waals surface area contributed by atoms with Crippen molar-refractivity contribution in [2.24, 2.45) is 0 Å². The molecule has 0 amide bonds. The van der Waals surface area contributed by atoms with Crippen LogP contribution >= 0.6 is 0 Å². The van der Waals surface area contributed by atoms with E-state index >= 15 is 0 Å². The molecule has 0 saturated carbocycles. The van der Waals surface area contributed by atoms with Crippen LogP contribution in [0.2, 0.25) is 0 Å². The van der Waals surface area contributed by atoms with Crippen LogP contribution in [-0.4, -0.2) is 6.71 Å². The van der Waals surface area contributed by atoms with Crippen molar-refractivity contribution in [1.82, 2.24) is 0 Å². The van der Waals surface area contributed by atoms with Gasteiger partial charge < -0.3 is 9.80 Å². The first-order valence-corrected chi connectivity index (χ1v) is 18.9. The molecule has 0 unspecified atom stereocenters. The van der Waals surface area contributed by atoms with Gasteiger partial charge in [-0.25, -0.2) is 0 Å². The quantitative estimate of drug-likeness (QED) is 0.170. The second kappa shape index (κ2) is 12.4. The van der Waals surface area contributed by atoms with Gasteiger partial charge in [0.2, 0.25) is 0 Å². The SMILES string of the molecule is CC(C)(C)c1ccc(N2c3ccccc3B3c4cc(-c5ccccc5)ccc4N(c4ccc(C(C)(C)C)cc4)c4cc(-c5ccccc5)cc2c43)cc1. The summed E-state index contributed by atoms with van der Waals surface area (Å²) in [6.07, 6.45) is 0. The minimum absolute atomic E-state index is 0.0508. The first-order valence-electron chi connectivity index (χ1n) is 18.9. The second-order valence-electron chi connectivity index (χ2n) is 16.7. The Balaban J connectivity index is 1.36. The average Bonchev–Trinajstić information content (AvgIpc) is 3.17. The molecule has 3 heteroatoms. The molecule has 53 heavy (non-hydrogen) atoms. The topological polar surface area (TPSA) is 6.48 Å². The van der Waals surface area contributed by atoms with Crippen LogP contribution in [0.25, 0.3) is 22.3 Å². The third-order valence-corrected chi connectivity index (χ3v) is 11.2. The molecule has 7 aromatic rings. The molecule has 0 atom stereocenters. The van der Waals surface area contributed by atoms with Crippen LogP contribution in [0.3, 0.4) is 0 Å². The van der Waals surface area contributed by atoms with Crippen LogP contribution in [0.15, 0.2) is 164 Å². The van der Waals surface area contributed by atoms with Gasteiger partial charge in [0.05, 0.1) is 0 Å². The molecular weight excluding hydrogens is 639 g/mol. The molecule has 9 rings (SSSR count). The number of fused-ring (bicyclic) bond motifs is 4. The molecule has 2 nitrogen and oxygen atoms in total. The Morgan fingerprint density at radius 1 is 0.358 bits per heavy atom. The Labute approximate surface area is 315 Å². The lowest BCUT2D eigenvalue weighted by molar-refractivity contribution is 0.590. The number of anilines is 6. The fourth-order valence-electron chi connectivity index (χ4n) is 8.34. The van der Waals surface area contributed by atoms with Gasteiger partial charge in [-0.15, -0.1) is 0 Å². The summed E-state index contributed by atoms with van der Waals surface area (Å²) in [5.74, 6) is 0. The van der Waals surface area contributed by atoms with Crippen LogP contribution in [0.5, 0.6) is 0 Å². The summed E-state index contributed by atoms with van der Waals surface area (Å²) in [5, 5.41) is 0. The van der Waals surface area contributed by atoms with E-state index < -0.39 is 0 Å². The van der Waals surface area contributed by atoms with E-state index in [4.69, 9.17) is 0 Å². The molecule has 258 valence electrons. The molecule has 0 N–H and O–H groups in total. The maximum absolute atomic E-state index is 2.52. The zero-order chi connectivity index (χ0) is 36.5. The van der Waals surface area contributed by atoms with Crippen LogP contribution in [0.1, 0.15) is 52.7 Å². The van der Waals surface area contributed by atoms with Gasteiger partial charge in [-0.05, 0) is 109 Å². The number of hydrogen-bond acceptors (Lipinski definition) is 2. The van der Waals surface area contributed by atoms with Crippen molar-refractivity contribution in [3.05, 3.63) is 175 Å². The van der Waals surface area contributed by atoms with Crippen molar-refractivity contribution in [2.45, 2.75) is 52.4 Å². The zero-order valence-electron chi connectivity index (χ0n) is 31.6. The average molecular weight is 685 g/mol. The van der Waals surface area contributed by atoms with E-state index in [1.54, 1.807) is 0 Å². The molecular formula is C50H45BN2. The highest BCUT2D eigenvalue weighted by molar-refractivity contribution is 7.00. The third kappa shape index (κ3) is 5.67.